The molecule has 0 bridgehead atoms. The Kier molecular flexibility index (Phi) is 3.23. The molecule has 2 N–H and O–H groups in total. The topological polar surface area (TPSA) is 67.6 Å². The molecule has 1 aromatic heterocycles. The second-order valence-corrected chi connectivity index (χ2v) is 6.16. The molecule has 100 valence electrons. The molecule has 1 unspecified atom stereocenters. The van der Waals surface area contributed by atoms with Gasteiger partial charge in [0.25, 0.3) is 0 Å². The van der Waals surface area contributed by atoms with E-state index in [9.17, 15) is 0 Å². The summed E-state index contributed by atoms with van der Waals surface area (Å²) in [5.74, 6) is 0.971. The summed E-state index contributed by atoms with van der Waals surface area (Å²) < 4.78 is 2.01. The molecule has 4 heteroatoms. The molecule has 0 saturated heterocycles. The van der Waals surface area contributed by atoms with Crippen LogP contribution in [0.4, 0.5) is 5.95 Å². The summed E-state index contributed by atoms with van der Waals surface area (Å²) in [5.41, 5.74) is 8.63. The number of nitrogens with zero attached hydrogens (tertiary/aromatic N) is 3. The minimum absolute atomic E-state index is 0.204. The maximum absolute atomic E-state index is 8.99. The molecule has 0 aliphatic heterocycles. The van der Waals surface area contributed by atoms with Gasteiger partial charge in [0.15, 0.2) is 0 Å². The van der Waals surface area contributed by atoms with Crippen LogP contribution in [0.3, 0.4) is 0 Å². The zero-order valence-corrected chi connectivity index (χ0v) is 11.9. The molecule has 0 spiro atoms. The summed E-state index contributed by atoms with van der Waals surface area (Å²) in [4.78, 5) is 4.35. The fourth-order valence-electron chi connectivity index (χ4n) is 1.95. The van der Waals surface area contributed by atoms with E-state index in [0.29, 0.717) is 17.4 Å². The second kappa shape index (κ2) is 4.58. The summed E-state index contributed by atoms with van der Waals surface area (Å²) in [6.07, 6.45) is 0. The van der Waals surface area contributed by atoms with Gasteiger partial charge in [0.1, 0.15) is 0 Å². The van der Waals surface area contributed by atoms with E-state index in [1.165, 1.54) is 0 Å². The number of hydrogen-bond donors (Lipinski definition) is 1. The molecular weight excluding hydrogens is 236 g/mol. The van der Waals surface area contributed by atoms with Gasteiger partial charge in [0.05, 0.1) is 22.7 Å². The third kappa shape index (κ3) is 2.55. The molecule has 1 atom stereocenters. The number of rotatable bonds is 2. The van der Waals surface area contributed by atoms with Crippen molar-refractivity contribution in [2.24, 2.45) is 11.3 Å². The second-order valence-electron chi connectivity index (χ2n) is 6.16. The van der Waals surface area contributed by atoms with Gasteiger partial charge in [0, 0.05) is 6.54 Å². The standard InChI is InChI=1S/C15H20N4/c1-10(15(2,3)4)9-19-13-7-11(8-16)5-6-12(13)18-14(19)17/h5-7,10H,9H2,1-4H3,(H2,17,18). The largest absolute Gasteiger partial charge is 0.369 e. The minimum Gasteiger partial charge on any atom is -0.369 e. The predicted octanol–water partition coefficient (Wildman–Crippen LogP) is 3.17. The van der Waals surface area contributed by atoms with Crippen molar-refractivity contribution in [3.8, 4) is 6.07 Å². The van der Waals surface area contributed by atoms with Crippen molar-refractivity contribution in [3.63, 3.8) is 0 Å². The highest BCUT2D eigenvalue weighted by atomic mass is 15.2. The van der Waals surface area contributed by atoms with Crippen LogP contribution < -0.4 is 5.73 Å². The van der Waals surface area contributed by atoms with Crippen LogP contribution in [0, 0.1) is 22.7 Å². The zero-order valence-electron chi connectivity index (χ0n) is 11.9. The predicted molar refractivity (Wildman–Crippen MR) is 77.5 cm³/mol. The quantitative estimate of drug-likeness (QED) is 0.897. The first kappa shape index (κ1) is 13.4. The fourth-order valence-corrected chi connectivity index (χ4v) is 1.95. The number of nitrogens with two attached hydrogens (primary N) is 1. The van der Waals surface area contributed by atoms with Gasteiger partial charge in [-0.15, -0.1) is 0 Å². The van der Waals surface area contributed by atoms with Crippen LogP contribution in [0.25, 0.3) is 11.0 Å². The Balaban J connectivity index is 2.48. The van der Waals surface area contributed by atoms with Crippen LogP contribution in [0.15, 0.2) is 18.2 Å². The first-order valence-corrected chi connectivity index (χ1v) is 6.49. The van der Waals surface area contributed by atoms with Crippen LogP contribution >= 0.6 is 0 Å². The summed E-state index contributed by atoms with van der Waals surface area (Å²) in [6, 6.07) is 7.63. The highest BCUT2D eigenvalue weighted by Crippen LogP contribution is 2.29. The average molecular weight is 256 g/mol. The van der Waals surface area contributed by atoms with Crippen molar-refractivity contribution in [1.29, 1.82) is 5.26 Å². The third-order valence-electron chi connectivity index (χ3n) is 3.84. The van der Waals surface area contributed by atoms with Gasteiger partial charge in [-0.3, -0.25) is 0 Å². The molecule has 1 heterocycles. The van der Waals surface area contributed by atoms with Gasteiger partial charge in [0.2, 0.25) is 5.95 Å². The SMILES string of the molecule is CC(Cn1c(N)nc2ccc(C#N)cc21)C(C)(C)C. The Labute approximate surface area is 113 Å². The normalized spacial score (nSPS) is 13.4. The van der Waals surface area contributed by atoms with Gasteiger partial charge in [-0.05, 0) is 29.5 Å². The Bertz CT molecular complexity index is 640. The van der Waals surface area contributed by atoms with Crippen LogP contribution in [-0.4, -0.2) is 9.55 Å². The molecule has 2 aromatic rings. The summed E-state index contributed by atoms with van der Waals surface area (Å²) in [5, 5.41) is 8.99. The van der Waals surface area contributed by atoms with Gasteiger partial charge >= 0.3 is 0 Å². The smallest absolute Gasteiger partial charge is 0.201 e. The fraction of sp³-hybridized carbons (Fsp3) is 0.467. The monoisotopic (exact) mass is 256 g/mol. The number of anilines is 1. The molecule has 0 radical (unpaired) electrons. The number of imidazole rings is 1. The van der Waals surface area contributed by atoms with E-state index < -0.39 is 0 Å². The molecule has 0 aliphatic carbocycles. The van der Waals surface area contributed by atoms with Crippen LogP contribution in [0.2, 0.25) is 0 Å². The van der Waals surface area contributed by atoms with Gasteiger partial charge in [-0.1, -0.05) is 27.7 Å². The Morgan fingerprint density at radius 3 is 2.68 bits per heavy atom. The van der Waals surface area contributed by atoms with Crippen LogP contribution in [0.1, 0.15) is 33.3 Å². The van der Waals surface area contributed by atoms with Crippen molar-refractivity contribution in [2.45, 2.75) is 34.2 Å². The maximum Gasteiger partial charge on any atom is 0.201 e. The number of hydrogen-bond acceptors (Lipinski definition) is 3. The van der Waals surface area contributed by atoms with Gasteiger partial charge in [-0.2, -0.15) is 5.26 Å². The van der Waals surface area contributed by atoms with E-state index in [-0.39, 0.29) is 5.41 Å². The van der Waals surface area contributed by atoms with Crippen molar-refractivity contribution in [1.82, 2.24) is 9.55 Å². The average Bonchev–Trinajstić information content (AvgIpc) is 2.64. The number of benzene rings is 1. The lowest BCUT2D eigenvalue weighted by atomic mass is 9.82. The zero-order chi connectivity index (χ0) is 14.2. The van der Waals surface area contributed by atoms with E-state index in [1.807, 2.05) is 16.7 Å². The molecule has 4 nitrogen and oxygen atoms in total. The first-order chi connectivity index (χ1) is 8.82. The van der Waals surface area contributed by atoms with Crippen molar-refractivity contribution in [3.05, 3.63) is 23.8 Å². The van der Waals surface area contributed by atoms with Crippen LogP contribution in [-0.2, 0) is 6.54 Å². The molecule has 0 saturated carbocycles. The summed E-state index contributed by atoms with van der Waals surface area (Å²) in [6.45, 7) is 9.66. The number of nitriles is 1. The molecule has 1 aromatic carbocycles. The molecule has 19 heavy (non-hydrogen) atoms. The lowest BCUT2D eigenvalue weighted by molar-refractivity contribution is 0.236. The molecule has 0 aliphatic rings. The minimum atomic E-state index is 0.204. The van der Waals surface area contributed by atoms with Gasteiger partial charge < -0.3 is 10.3 Å². The molecular formula is C15H20N4. The summed E-state index contributed by atoms with van der Waals surface area (Å²) in [7, 11) is 0. The number of aromatic nitrogens is 2. The summed E-state index contributed by atoms with van der Waals surface area (Å²) >= 11 is 0. The highest BCUT2D eigenvalue weighted by molar-refractivity contribution is 5.79. The van der Waals surface area contributed by atoms with E-state index in [2.05, 4.69) is 38.7 Å². The molecule has 0 amide bonds. The lowest BCUT2D eigenvalue weighted by Crippen LogP contribution is -2.23. The molecule has 0 fully saturated rings. The van der Waals surface area contributed by atoms with Crippen LogP contribution in [0.5, 0.6) is 0 Å². The Morgan fingerprint density at radius 2 is 2.11 bits per heavy atom. The highest BCUT2D eigenvalue weighted by Gasteiger charge is 2.22. The Morgan fingerprint density at radius 1 is 1.42 bits per heavy atom. The van der Waals surface area contributed by atoms with Gasteiger partial charge in [-0.25, -0.2) is 4.98 Å². The van der Waals surface area contributed by atoms with Crippen molar-refractivity contribution >= 4 is 17.0 Å². The number of nitrogen functional groups attached to an aromatic ring is 1. The molecule has 2 rings (SSSR count). The first-order valence-electron chi connectivity index (χ1n) is 6.49. The third-order valence-corrected chi connectivity index (χ3v) is 3.84. The van der Waals surface area contributed by atoms with Crippen molar-refractivity contribution in [2.75, 3.05) is 5.73 Å². The lowest BCUT2D eigenvalue weighted by Gasteiger charge is -2.28. The van der Waals surface area contributed by atoms with E-state index in [1.54, 1.807) is 6.07 Å². The maximum atomic E-state index is 8.99. The number of fused-ring (bicyclic) bond motifs is 1. The van der Waals surface area contributed by atoms with E-state index in [0.717, 1.165) is 17.6 Å². The Hall–Kier alpha value is -2.02. The van der Waals surface area contributed by atoms with E-state index >= 15 is 0 Å². The van der Waals surface area contributed by atoms with Crippen molar-refractivity contribution < 1.29 is 0 Å². The van der Waals surface area contributed by atoms with E-state index in [4.69, 9.17) is 11.0 Å².